The van der Waals surface area contributed by atoms with E-state index in [4.69, 9.17) is 0 Å². The molecule has 11 rings (SSSR count). The zero-order valence-corrected chi connectivity index (χ0v) is 30.4. The number of benzene rings is 1. The van der Waals surface area contributed by atoms with Gasteiger partial charge >= 0.3 is 0 Å². The summed E-state index contributed by atoms with van der Waals surface area (Å²) in [7, 11) is 0. The highest BCUT2D eigenvalue weighted by molar-refractivity contribution is 5.71. The summed E-state index contributed by atoms with van der Waals surface area (Å²) in [4.78, 5) is 0. The number of rotatable bonds is 3. The summed E-state index contributed by atoms with van der Waals surface area (Å²) in [5.74, 6) is 3.84. The fourth-order valence-electron chi connectivity index (χ4n) is 12.3. The fraction of sp³-hybridized carbons (Fsp3) is 0.346. The first-order chi connectivity index (χ1) is 25.8. The third-order valence-corrected chi connectivity index (χ3v) is 14.6. The Morgan fingerprint density at radius 1 is 0.500 bits per heavy atom. The van der Waals surface area contributed by atoms with Crippen molar-refractivity contribution in [1.82, 2.24) is 0 Å². The van der Waals surface area contributed by atoms with Gasteiger partial charge in [0.05, 0.1) is 0 Å². The van der Waals surface area contributed by atoms with Crippen LogP contribution in [0.15, 0.2) is 183 Å². The molecular weight excluding hydrogens is 625 g/mol. The highest BCUT2D eigenvalue weighted by Gasteiger charge is 2.46. The average molecular weight is 675 g/mol. The summed E-state index contributed by atoms with van der Waals surface area (Å²) >= 11 is 0. The van der Waals surface area contributed by atoms with Gasteiger partial charge in [0.15, 0.2) is 0 Å². The second kappa shape index (κ2) is 12.6. The fourth-order valence-corrected chi connectivity index (χ4v) is 12.3. The van der Waals surface area contributed by atoms with Crippen LogP contribution in [0.4, 0.5) is 0 Å². The van der Waals surface area contributed by atoms with Crippen LogP contribution in [0.3, 0.4) is 0 Å². The SMILES string of the molecule is C1=CCC2C(=C1)C1=C(CC2C2CC=CC3=C2C=CCC3)C2=C(C=C(C3=Cc4ccccc4C4C=CC=CC34)CC2)C(C2CC=CC3=C2C=CCC3)C1. The lowest BCUT2D eigenvalue weighted by Crippen LogP contribution is -2.36. The minimum atomic E-state index is 0.419. The molecule has 0 fully saturated rings. The van der Waals surface area contributed by atoms with E-state index in [0.29, 0.717) is 41.4 Å². The number of hydrogen-bond acceptors (Lipinski definition) is 0. The number of fused-ring (bicyclic) bond motifs is 6. The van der Waals surface area contributed by atoms with Crippen molar-refractivity contribution in [3.63, 3.8) is 0 Å². The molecule has 0 saturated carbocycles. The molecule has 0 nitrogen and oxygen atoms in total. The molecule has 1 aromatic carbocycles. The molecular formula is C52H50. The van der Waals surface area contributed by atoms with Crippen molar-refractivity contribution < 1.29 is 0 Å². The van der Waals surface area contributed by atoms with Crippen LogP contribution in [0.5, 0.6) is 0 Å². The summed E-state index contributed by atoms with van der Waals surface area (Å²) < 4.78 is 0. The van der Waals surface area contributed by atoms with Crippen LogP contribution in [-0.2, 0) is 0 Å². The Morgan fingerprint density at radius 3 is 2.10 bits per heavy atom. The van der Waals surface area contributed by atoms with Gasteiger partial charge in [0.25, 0.3) is 0 Å². The van der Waals surface area contributed by atoms with Gasteiger partial charge in [-0.15, -0.1) is 0 Å². The standard InChI is InChI=1S/C52H50/c1-4-18-37-33(13-1)16-11-25-41(37)49-31-52-46-28-27-36(47-29-35-15-3-6-20-39(35)40-21-7-8-22-43(40)47)30-48(46)50(32-51(52)45-24-10-9-23-44(45)49)42-26-12-17-34-14-2-5-19-38(34)42/h3-12,15-22,24,29-30,40-44,49-50H,1-2,13-14,23,25-28,31-32H2. The van der Waals surface area contributed by atoms with E-state index in [0.717, 1.165) is 12.8 Å². The molecule has 7 atom stereocenters. The molecule has 0 saturated heterocycles. The quantitative estimate of drug-likeness (QED) is 0.299. The Kier molecular flexibility index (Phi) is 7.55. The zero-order chi connectivity index (χ0) is 34.2. The van der Waals surface area contributed by atoms with Crippen molar-refractivity contribution >= 4 is 6.08 Å². The topological polar surface area (TPSA) is 0 Å². The van der Waals surface area contributed by atoms with Crippen molar-refractivity contribution in [2.75, 3.05) is 0 Å². The molecule has 52 heavy (non-hydrogen) atoms. The first kappa shape index (κ1) is 31.1. The van der Waals surface area contributed by atoms with Crippen molar-refractivity contribution in [2.45, 2.75) is 76.5 Å². The first-order valence-electron chi connectivity index (χ1n) is 20.6. The second-order valence-corrected chi connectivity index (χ2v) is 17.0. The lowest BCUT2D eigenvalue weighted by molar-refractivity contribution is 0.266. The van der Waals surface area contributed by atoms with Crippen LogP contribution in [0, 0.1) is 35.5 Å². The average Bonchev–Trinajstić information content (AvgIpc) is 3.22. The van der Waals surface area contributed by atoms with Crippen molar-refractivity contribution in [2.24, 2.45) is 35.5 Å². The van der Waals surface area contributed by atoms with Gasteiger partial charge in [-0.1, -0.05) is 128 Å². The van der Waals surface area contributed by atoms with Gasteiger partial charge in [-0.3, -0.25) is 0 Å². The number of allylic oxidation sites excluding steroid dienone is 27. The molecule has 0 N–H and O–H groups in total. The smallest absolute Gasteiger partial charge is 0.0131 e. The highest BCUT2D eigenvalue weighted by Crippen LogP contribution is 2.59. The van der Waals surface area contributed by atoms with Crippen LogP contribution in [-0.4, -0.2) is 0 Å². The van der Waals surface area contributed by atoms with Gasteiger partial charge in [0, 0.05) is 11.8 Å². The normalized spacial score (nSPS) is 33.8. The van der Waals surface area contributed by atoms with Gasteiger partial charge in [0.1, 0.15) is 0 Å². The van der Waals surface area contributed by atoms with Crippen LogP contribution in [0.1, 0.15) is 87.7 Å². The van der Waals surface area contributed by atoms with Crippen molar-refractivity contribution in [3.8, 4) is 0 Å². The lowest BCUT2D eigenvalue weighted by atomic mass is 9.56. The van der Waals surface area contributed by atoms with Crippen LogP contribution >= 0.6 is 0 Å². The summed E-state index contributed by atoms with van der Waals surface area (Å²) in [6.45, 7) is 0. The van der Waals surface area contributed by atoms with Gasteiger partial charge in [-0.05, 0) is 173 Å². The third-order valence-electron chi connectivity index (χ3n) is 14.6. The molecule has 1 aromatic rings. The molecule has 0 spiro atoms. The second-order valence-electron chi connectivity index (χ2n) is 17.0. The van der Waals surface area contributed by atoms with E-state index in [2.05, 4.69) is 128 Å². The zero-order valence-electron chi connectivity index (χ0n) is 30.4. The minimum absolute atomic E-state index is 0.419. The van der Waals surface area contributed by atoms with Gasteiger partial charge in [-0.2, -0.15) is 0 Å². The predicted octanol–water partition coefficient (Wildman–Crippen LogP) is 13.2. The molecule has 10 aliphatic rings. The Hall–Kier alpha value is -4.42. The van der Waals surface area contributed by atoms with Gasteiger partial charge in [0.2, 0.25) is 0 Å². The van der Waals surface area contributed by atoms with E-state index in [1.54, 1.807) is 61.3 Å². The van der Waals surface area contributed by atoms with E-state index in [-0.39, 0.29) is 0 Å². The Bertz CT molecular complexity index is 2190. The van der Waals surface area contributed by atoms with Crippen molar-refractivity contribution in [1.29, 1.82) is 0 Å². The summed E-state index contributed by atoms with van der Waals surface area (Å²) in [5, 5.41) is 0. The van der Waals surface area contributed by atoms with Gasteiger partial charge in [-0.25, -0.2) is 0 Å². The molecule has 0 aromatic heterocycles. The maximum Gasteiger partial charge on any atom is 0.0131 e. The monoisotopic (exact) mass is 674 g/mol. The molecule has 258 valence electrons. The Labute approximate surface area is 311 Å². The minimum Gasteiger partial charge on any atom is -0.0839 e. The molecule has 0 aliphatic heterocycles. The molecule has 0 bridgehead atoms. The predicted molar refractivity (Wildman–Crippen MR) is 217 cm³/mol. The largest absolute Gasteiger partial charge is 0.0839 e. The van der Waals surface area contributed by atoms with Crippen LogP contribution < -0.4 is 0 Å². The van der Waals surface area contributed by atoms with E-state index >= 15 is 0 Å². The number of hydrogen-bond donors (Lipinski definition) is 0. The molecule has 0 heteroatoms. The highest BCUT2D eigenvalue weighted by atomic mass is 14.5. The molecule has 10 aliphatic carbocycles. The van der Waals surface area contributed by atoms with E-state index < -0.39 is 0 Å². The molecule has 7 unspecified atom stereocenters. The summed E-state index contributed by atoms with van der Waals surface area (Å²) in [6, 6.07) is 9.15. The van der Waals surface area contributed by atoms with Crippen LogP contribution in [0.2, 0.25) is 0 Å². The Balaban J connectivity index is 1.06. The van der Waals surface area contributed by atoms with Crippen LogP contribution in [0.25, 0.3) is 6.08 Å². The van der Waals surface area contributed by atoms with E-state index in [1.807, 2.05) is 0 Å². The third kappa shape index (κ3) is 4.93. The lowest BCUT2D eigenvalue weighted by Gasteiger charge is -2.48. The van der Waals surface area contributed by atoms with E-state index in [9.17, 15) is 0 Å². The summed E-state index contributed by atoms with van der Waals surface area (Å²) in [6.07, 6.45) is 55.3. The summed E-state index contributed by atoms with van der Waals surface area (Å²) in [5.41, 5.74) is 21.2. The first-order valence-corrected chi connectivity index (χ1v) is 20.6. The van der Waals surface area contributed by atoms with Crippen molar-refractivity contribution in [3.05, 3.63) is 194 Å². The maximum atomic E-state index is 2.77. The van der Waals surface area contributed by atoms with E-state index in [1.165, 1.54) is 68.9 Å². The maximum absolute atomic E-state index is 2.77. The van der Waals surface area contributed by atoms with Gasteiger partial charge < -0.3 is 0 Å². The molecule has 0 heterocycles. The molecule has 0 amide bonds. The molecule has 0 radical (unpaired) electrons. The Morgan fingerprint density at radius 2 is 1.25 bits per heavy atom.